The number of rotatable bonds is 14. The number of aromatic amines is 3. The van der Waals surface area contributed by atoms with E-state index in [9.17, 15) is 0 Å². The number of hydrogen-bond acceptors (Lipinski definition) is 29. The zero-order chi connectivity index (χ0) is 83.8. The molecule has 33 heteroatoms. The molecule has 0 atom stereocenters. The normalized spacial score (nSPS) is 10.9. The smallest absolute Gasteiger partial charge is 0.228 e. The highest BCUT2D eigenvalue weighted by Gasteiger charge is 2.09. The number of tetrazole rings is 1. The lowest BCUT2D eigenvalue weighted by Gasteiger charge is -1.98. The average Bonchev–Trinajstić information content (AvgIpc) is 3.80. The molecule has 0 radical (unpaired) electrons. The van der Waals surface area contributed by atoms with Gasteiger partial charge in [-0.3, -0.25) is 10.2 Å². The van der Waals surface area contributed by atoms with E-state index in [-0.39, 0.29) is 0 Å². The van der Waals surface area contributed by atoms with E-state index >= 15 is 0 Å². The Morgan fingerprint density at radius 2 is 1.20 bits per heavy atom. The van der Waals surface area contributed by atoms with Crippen molar-refractivity contribution < 1.29 is 31.2 Å². The van der Waals surface area contributed by atoms with Gasteiger partial charge < -0.3 is 36.2 Å². The van der Waals surface area contributed by atoms with Gasteiger partial charge >= 0.3 is 0 Å². The summed E-state index contributed by atoms with van der Waals surface area (Å²) in [5, 5.41) is 61.5. The Morgan fingerprint density at radius 3 is 1.45 bits per heavy atom. The predicted octanol–water partition coefficient (Wildman–Crippen LogP) is 21.6. The molecule has 13 aromatic rings. The number of nitrogens with one attached hydrogen (secondary N) is 3. The lowest BCUT2D eigenvalue weighted by molar-refractivity contribution is 0.364. The van der Waals surface area contributed by atoms with Crippen LogP contribution in [0, 0.1) is 5.92 Å². The molecule has 14 heterocycles. The summed E-state index contributed by atoms with van der Waals surface area (Å²) in [4.78, 5) is 26.7. The molecule has 0 fully saturated rings. The maximum Gasteiger partial charge on any atom is 0.228 e. The highest BCUT2D eigenvalue weighted by molar-refractivity contribution is 7.09. The van der Waals surface area contributed by atoms with Crippen molar-refractivity contribution in [2.75, 3.05) is 0 Å². The molecule has 14 rings (SSSR count). The Balaban J connectivity index is 0.000000603. The van der Waals surface area contributed by atoms with Crippen LogP contribution in [0.2, 0.25) is 0 Å². The minimum absolute atomic E-state index is 0.345. The Kier molecular flexibility index (Phi) is 52.8. The Labute approximate surface area is 670 Å². The van der Waals surface area contributed by atoms with Gasteiger partial charge in [0.05, 0.1) is 41.2 Å². The lowest BCUT2D eigenvalue weighted by Crippen LogP contribution is -2.03. The van der Waals surface area contributed by atoms with Crippen LogP contribution in [0.25, 0.3) is 0 Å². The van der Waals surface area contributed by atoms with Crippen LogP contribution in [0.15, 0.2) is 177 Å². The van der Waals surface area contributed by atoms with Gasteiger partial charge in [0.2, 0.25) is 18.2 Å². The summed E-state index contributed by atoms with van der Waals surface area (Å²) in [6, 6.07) is 6.12. The second-order valence-corrected chi connectivity index (χ2v) is 30.5. The fraction of sp³-hybridized carbons (Fsp3) is 0.544. The van der Waals surface area contributed by atoms with Crippen molar-refractivity contribution in [2.24, 2.45) is 16.1 Å². The second kappa shape index (κ2) is 59.4. The predicted molar refractivity (Wildman–Crippen MR) is 442 cm³/mol. The van der Waals surface area contributed by atoms with Gasteiger partial charge in [-0.15, -0.1) is 48.2 Å². The summed E-state index contributed by atoms with van der Waals surface area (Å²) in [6.07, 6.45) is 31.0. The molecule has 0 spiro atoms. The SMILES string of the molecule is CC(C)C1=NN=CC1.CC(C)c1ccn[nH]1.CC(C)c1ccno1.CC(C)c1ccon1.CC(C)c1cn[nH]c1.CC(C)c1cnco1.CC(C)c1cocn1.CC(C)c1ncc[nH]1.CC(C)c1ncco1.CC(C)c1nccs1.CC(C)c1ncno1.CC(C)c1nnco1.CC(C)c1nncs1.CC(C)n1cnnn1. The van der Waals surface area contributed by atoms with Crippen LogP contribution < -0.4 is 0 Å². The first-order chi connectivity index (χ1) is 53.3. The third kappa shape index (κ3) is 46.9. The molecule has 0 amide bonds. The molecule has 3 N–H and O–H groups in total. The molecule has 13 aromatic heterocycles. The summed E-state index contributed by atoms with van der Waals surface area (Å²) < 4.78 is 35.5. The summed E-state index contributed by atoms with van der Waals surface area (Å²) >= 11 is 3.33. The van der Waals surface area contributed by atoms with Gasteiger partial charge in [0.1, 0.15) is 53.0 Å². The van der Waals surface area contributed by atoms with Crippen LogP contribution in [-0.4, -0.2) is 123 Å². The van der Waals surface area contributed by atoms with Crippen molar-refractivity contribution in [1.29, 1.82) is 0 Å². The fourth-order valence-electron chi connectivity index (χ4n) is 7.21. The third-order valence-electron chi connectivity index (χ3n) is 14.2. The fourth-order valence-corrected chi connectivity index (χ4v) is 8.43. The summed E-state index contributed by atoms with van der Waals surface area (Å²) in [5.74, 6) is 11.5. The monoisotopic (exact) mass is 1590 g/mol. The zero-order valence-corrected chi connectivity index (χ0v) is 72.8. The molecule has 112 heavy (non-hydrogen) atoms. The minimum Gasteiger partial charge on any atom is -0.451 e. The number of nitrogens with zero attached hydrogens (tertiary/aromatic N) is 21. The van der Waals surface area contributed by atoms with Crippen molar-refractivity contribution in [3.63, 3.8) is 0 Å². The van der Waals surface area contributed by atoms with E-state index in [1.54, 1.807) is 89.0 Å². The zero-order valence-electron chi connectivity index (χ0n) is 71.1. The molecule has 1 aliphatic heterocycles. The molecule has 0 bridgehead atoms. The van der Waals surface area contributed by atoms with Gasteiger partial charge in [0.25, 0.3) is 0 Å². The number of thiazole rings is 1. The standard InChI is InChI=1S/4C6H10N2.5C6H9NO.C6H9NS.2C5H8N2O.C5H8N2S.C4H8N4/c1-5(2)6-3-7-8-4-6;1-5(2)6-7-3-4-8-6;2*1-5(2)6-3-4-7-8-6;1-5(2)6-3-8-4-7-6;1-5(2)6-3-7-4-8-6;1-5(2)6-7-3-4-8-6;1-5(2)6-3-4-8-7-6;1-5(2)6-3-4-7-8-6;1-5(2)6-7-3-4-8-6;1-4(2)5-7-6-3-8-5;1-4(2)5-6-3-7-8-5;1-4(2)5-7-6-3-8-5;1-4(2)8-3-5-6-7-8/h2*3-5H,1-2H3,(H,7,8);4-5H,3H2,1-2H3;3-5H,1-2H3,(H,7,8);6*3-5H,1-2H3;4*3-4H,1-2H3. The number of imidazole rings is 1. The van der Waals surface area contributed by atoms with E-state index in [1.165, 1.54) is 47.5 Å². The molecule has 1 aliphatic rings. The molecule has 0 aromatic carbocycles. The maximum absolute atomic E-state index is 4.98. The van der Waals surface area contributed by atoms with E-state index in [2.05, 4.69) is 260 Å². The number of oxazole rings is 3. The Bertz CT molecular complexity index is 3120. The van der Waals surface area contributed by atoms with Gasteiger partial charge in [-0.25, -0.2) is 29.6 Å². The average molecular weight is 1590 g/mol. The first kappa shape index (κ1) is 99.6. The highest BCUT2D eigenvalue weighted by Crippen LogP contribution is 2.18. The molecule has 0 saturated heterocycles. The van der Waals surface area contributed by atoms with Gasteiger partial charge in [0, 0.05) is 126 Å². The summed E-state index contributed by atoms with van der Waals surface area (Å²) in [7, 11) is 0. The van der Waals surface area contributed by atoms with Gasteiger partial charge in [0.15, 0.2) is 25.0 Å². The first-order valence-corrected chi connectivity index (χ1v) is 39.4. The van der Waals surface area contributed by atoms with E-state index in [1.807, 2.05) is 110 Å². The number of aromatic nitrogens is 22. The lowest BCUT2D eigenvalue weighted by atomic mass is 10.1. The largest absolute Gasteiger partial charge is 0.451 e. The van der Waals surface area contributed by atoms with Crippen molar-refractivity contribution in [1.82, 2.24) is 111 Å². The van der Waals surface area contributed by atoms with Gasteiger partial charge in [-0.05, 0) is 65.5 Å². The van der Waals surface area contributed by atoms with Crippen molar-refractivity contribution in [3.8, 4) is 0 Å². The third-order valence-corrected chi connectivity index (χ3v) is 16.2. The molecular formula is C79H126N24O7S2. The Hall–Kier alpha value is -10.4. The number of H-pyrrole nitrogens is 3. The molecule has 616 valence electrons. The van der Waals surface area contributed by atoms with Gasteiger partial charge in [-0.2, -0.15) is 25.4 Å². The molecule has 0 aliphatic carbocycles. The number of hydrogen-bond donors (Lipinski definition) is 3. The minimum atomic E-state index is 0.345. The van der Waals surface area contributed by atoms with E-state index in [0.29, 0.717) is 94.8 Å². The molecule has 0 saturated carbocycles. The Morgan fingerprint density at radius 1 is 0.491 bits per heavy atom. The van der Waals surface area contributed by atoms with Crippen LogP contribution in [0.5, 0.6) is 0 Å². The first-order valence-electron chi connectivity index (χ1n) is 37.7. The topological polar surface area (TPSA) is 401 Å². The highest BCUT2D eigenvalue weighted by atomic mass is 32.1. The van der Waals surface area contributed by atoms with Crippen molar-refractivity contribution >= 4 is 34.6 Å². The maximum atomic E-state index is 4.98. The van der Waals surface area contributed by atoms with Crippen molar-refractivity contribution in [3.05, 3.63) is 203 Å². The van der Waals surface area contributed by atoms with E-state index in [4.69, 9.17) is 26.7 Å². The van der Waals surface area contributed by atoms with E-state index < -0.39 is 0 Å². The summed E-state index contributed by atoms with van der Waals surface area (Å²) in [6.45, 7) is 58.3. The van der Waals surface area contributed by atoms with Crippen LogP contribution in [0.1, 0.15) is 345 Å². The van der Waals surface area contributed by atoms with Crippen LogP contribution in [0.3, 0.4) is 0 Å². The van der Waals surface area contributed by atoms with E-state index in [0.717, 1.165) is 46.1 Å². The second-order valence-electron chi connectivity index (χ2n) is 28.7. The van der Waals surface area contributed by atoms with Crippen molar-refractivity contribution in [2.45, 2.75) is 277 Å². The molecular weight excluding hydrogens is 1460 g/mol. The summed E-state index contributed by atoms with van der Waals surface area (Å²) in [5.41, 5.74) is 7.46. The van der Waals surface area contributed by atoms with Crippen LogP contribution >= 0.6 is 22.7 Å². The van der Waals surface area contributed by atoms with Crippen LogP contribution in [-0.2, 0) is 0 Å². The van der Waals surface area contributed by atoms with Gasteiger partial charge in [-0.1, -0.05) is 195 Å². The molecule has 0 unspecified atom stereocenters. The quantitative estimate of drug-likeness (QED) is 0.0910. The molecule has 31 nitrogen and oxygen atoms in total. The van der Waals surface area contributed by atoms with Crippen LogP contribution in [0.4, 0.5) is 0 Å².